The maximum absolute atomic E-state index is 13.4. The third-order valence-corrected chi connectivity index (χ3v) is 8.00. The molecule has 1 fully saturated rings. The van der Waals surface area contributed by atoms with Crippen molar-refractivity contribution < 1.29 is 19.2 Å². The van der Waals surface area contributed by atoms with Gasteiger partial charge in [-0.25, -0.2) is 9.78 Å². The van der Waals surface area contributed by atoms with Crippen LogP contribution < -0.4 is 15.5 Å². The van der Waals surface area contributed by atoms with Crippen LogP contribution in [0.2, 0.25) is 0 Å². The van der Waals surface area contributed by atoms with Crippen molar-refractivity contribution in [2.45, 2.75) is 13.0 Å². The smallest absolute Gasteiger partial charge is 0.324 e. The van der Waals surface area contributed by atoms with Crippen LogP contribution >= 0.6 is 0 Å². The molecule has 258 valence electrons. The minimum atomic E-state index is -0.299. The van der Waals surface area contributed by atoms with Gasteiger partial charge in [-0.3, -0.25) is 24.3 Å². The number of pyridine rings is 2. The minimum absolute atomic E-state index is 0.0474. The Morgan fingerprint density at radius 2 is 1.64 bits per heavy atom. The third-order valence-electron chi connectivity index (χ3n) is 8.00. The monoisotopic (exact) mass is 674 g/mol. The Bertz CT molecular complexity index is 1860. The maximum Gasteiger partial charge on any atom is 0.324 e. The van der Waals surface area contributed by atoms with Crippen molar-refractivity contribution in [2.24, 2.45) is 0 Å². The summed E-state index contributed by atoms with van der Waals surface area (Å²) in [5.74, 6) is 0.177. The Morgan fingerprint density at radius 3 is 2.36 bits per heavy atom. The normalized spacial score (nSPS) is 12.9. The molecule has 12 nitrogen and oxygen atoms in total. The van der Waals surface area contributed by atoms with Crippen molar-refractivity contribution in [3.8, 4) is 11.1 Å². The molecule has 0 atom stereocenters. The highest BCUT2D eigenvalue weighted by Gasteiger charge is 2.30. The Balaban J connectivity index is 1.14. The molecule has 2 aromatic heterocycles. The van der Waals surface area contributed by atoms with Gasteiger partial charge in [-0.2, -0.15) is 0 Å². The number of rotatable bonds is 14. The lowest BCUT2D eigenvalue weighted by atomic mass is 10.1. The first-order chi connectivity index (χ1) is 24.0. The number of likely N-dealkylation sites (N-methyl/N-ethyl adjacent to an activating group) is 1. The number of carbonyl (C=O) groups excluding carboxylic acids is 4. The zero-order valence-corrected chi connectivity index (χ0v) is 28.8. The van der Waals surface area contributed by atoms with Gasteiger partial charge in [-0.1, -0.05) is 42.5 Å². The van der Waals surface area contributed by atoms with Crippen LogP contribution in [0.1, 0.15) is 21.5 Å². The van der Waals surface area contributed by atoms with E-state index in [9.17, 15) is 19.2 Å². The minimum Gasteiger partial charge on any atom is -0.345 e. The molecule has 0 aliphatic carbocycles. The molecule has 0 bridgehead atoms. The van der Waals surface area contributed by atoms with Crippen LogP contribution in [0.5, 0.6) is 0 Å². The van der Waals surface area contributed by atoms with E-state index in [1.54, 1.807) is 65.6 Å². The molecule has 0 spiro atoms. The number of benzene rings is 2. The second-order valence-corrected chi connectivity index (χ2v) is 12.5. The number of hydrogen-bond acceptors (Lipinski definition) is 8. The Hall–Kier alpha value is -5.88. The van der Waals surface area contributed by atoms with E-state index in [0.717, 1.165) is 22.3 Å². The summed E-state index contributed by atoms with van der Waals surface area (Å²) in [6.45, 7) is 2.05. The Kier molecular flexibility index (Phi) is 11.7. The Morgan fingerprint density at radius 1 is 0.880 bits per heavy atom. The van der Waals surface area contributed by atoms with Crippen molar-refractivity contribution in [3.63, 3.8) is 0 Å². The number of carbonyl (C=O) groups is 4. The lowest BCUT2D eigenvalue weighted by Crippen LogP contribution is -2.31. The van der Waals surface area contributed by atoms with Crippen LogP contribution in [0.15, 0.2) is 97.5 Å². The van der Waals surface area contributed by atoms with E-state index in [1.165, 1.54) is 6.08 Å². The number of ketones is 1. The predicted molar refractivity (Wildman–Crippen MR) is 194 cm³/mol. The number of nitrogens with zero attached hydrogens (tertiary/aromatic N) is 6. The molecule has 0 saturated carbocycles. The zero-order chi connectivity index (χ0) is 35.6. The predicted octanol–water partition coefficient (Wildman–Crippen LogP) is 4.38. The van der Waals surface area contributed by atoms with Crippen molar-refractivity contribution in [2.75, 3.05) is 64.6 Å². The number of anilines is 3. The summed E-state index contributed by atoms with van der Waals surface area (Å²) >= 11 is 0. The summed E-state index contributed by atoms with van der Waals surface area (Å²) in [6, 6.07) is 20.6. The van der Waals surface area contributed by atoms with Crippen molar-refractivity contribution >= 4 is 40.8 Å². The van der Waals surface area contributed by atoms with E-state index in [4.69, 9.17) is 0 Å². The van der Waals surface area contributed by atoms with E-state index in [0.29, 0.717) is 48.9 Å². The molecule has 2 N–H and O–H groups in total. The summed E-state index contributed by atoms with van der Waals surface area (Å²) in [5.41, 5.74) is 5.60. The van der Waals surface area contributed by atoms with Crippen LogP contribution in [-0.4, -0.2) is 103 Å². The van der Waals surface area contributed by atoms with E-state index < -0.39 is 0 Å². The first-order valence-electron chi connectivity index (χ1n) is 16.3. The van der Waals surface area contributed by atoms with Crippen LogP contribution in [0.3, 0.4) is 0 Å². The van der Waals surface area contributed by atoms with Crippen LogP contribution in [0.25, 0.3) is 11.1 Å². The molecule has 4 aromatic rings. The van der Waals surface area contributed by atoms with Gasteiger partial charge in [0.05, 0.1) is 30.3 Å². The quantitative estimate of drug-likeness (QED) is 0.189. The standard InChI is InChI=1S/C38H42N8O4/c1-43(2)16-6-9-36(48)41-25-34(47)20-27-7-5-8-28(19-27)26-45-17-18-46(38(45)50)33-21-32(23-39-24-33)42-35-15-14-31(22-40-35)29-10-12-30(13-11-29)37(49)44(3)4/h5-15,19,21-24H,16-18,20,25-26H2,1-4H3,(H,40,42)(H,41,48)/b9-6+. The van der Waals surface area contributed by atoms with Crippen molar-refractivity contribution in [3.05, 3.63) is 114 Å². The highest BCUT2D eigenvalue weighted by atomic mass is 16.2. The SMILES string of the molecule is CN(C)C/C=C/C(=O)NCC(=O)Cc1cccc(CN2CCN(c3cncc(Nc4ccc(-c5ccc(C(=O)N(C)C)cc5)cn4)c3)C2=O)c1. The fourth-order valence-corrected chi connectivity index (χ4v) is 5.43. The van der Waals surface area contributed by atoms with Crippen LogP contribution in [0.4, 0.5) is 22.0 Å². The van der Waals surface area contributed by atoms with E-state index in [-0.39, 0.29) is 36.6 Å². The maximum atomic E-state index is 13.4. The van der Waals surface area contributed by atoms with Gasteiger partial charge in [0.15, 0.2) is 5.78 Å². The summed E-state index contributed by atoms with van der Waals surface area (Å²) in [5, 5.41) is 5.90. The number of nitrogens with one attached hydrogen (secondary N) is 2. The molecule has 4 amide bonds. The van der Waals surface area contributed by atoms with Gasteiger partial charge in [0, 0.05) is 70.1 Å². The average Bonchev–Trinajstić information content (AvgIpc) is 3.46. The second-order valence-electron chi connectivity index (χ2n) is 12.5. The zero-order valence-electron chi connectivity index (χ0n) is 28.8. The van der Waals surface area contributed by atoms with Gasteiger partial charge in [0.25, 0.3) is 5.91 Å². The van der Waals surface area contributed by atoms with Crippen LogP contribution in [-0.2, 0) is 22.6 Å². The van der Waals surface area contributed by atoms with E-state index in [1.807, 2.05) is 73.6 Å². The average molecular weight is 675 g/mol. The first-order valence-corrected chi connectivity index (χ1v) is 16.3. The summed E-state index contributed by atoms with van der Waals surface area (Å²) in [7, 11) is 7.27. The molecule has 0 unspecified atom stereocenters. The molecule has 1 aliphatic heterocycles. The Labute approximate surface area is 292 Å². The largest absolute Gasteiger partial charge is 0.345 e. The molecule has 0 radical (unpaired) electrons. The lowest BCUT2D eigenvalue weighted by Gasteiger charge is -2.19. The third kappa shape index (κ3) is 9.60. The summed E-state index contributed by atoms with van der Waals surface area (Å²) < 4.78 is 0. The van der Waals surface area contributed by atoms with Gasteiger partial charge in [0.2, 0.25) is 5.91 Å². The molecule has 50 heavy (non-hydrogen) atoms. The number of urea groups is 1. The van der Waals surface area contributed by atoms with E-state index >= 15 is 0 Å². The molecular formula is C38H42N8O4. The second kappa shape index (κ2) is 16.5. The highest BCUT2D eigenvalue weighted by Crippen LogP contribution is 2.26. The fourth-order valence-electron chi connectivity index (χ4n) is 5.43. The van der Waals surface area contributed by atoms with Gasteiger partial charge in [0.1, 0.15) is 5.82 Å². The van der Waals surface area contributed by atoms with Crippen LogP contribution in [0, 0.1) is 0 Å². The number of aromatic nitrogens is 2. The highest BCUT2D eigenvalue weighted by molar-refractivity contribution is 5.95. The summed E-state index contributed by atoms with van der Waals surface area (Å²) in [4.78, 5) is 66.0. The van der Waals surface area contributed by atoms with Gasteiger partial charge in [-0.05, 0) is 61.1 Å². The fraction of sp³-hybridized carbons (Fsp3) is 0.263. The molecule has 3 heterocycles. The lowest BCUT2D eigenvalue weighted by molar-refractivity contribution is -0.122. The van der Waals surface area contributed by atoms with Crippen molar-refractivity contribution in [1.82, 2.24) is 30.0 Å². The van der Waals surface area contributed by atoms with Gasteiger partial charge >= 0.3 is 6.03 Å². The molecule has 5 rings (SSSR count). The van der Waals surface area contributed by atoms with Gasteiger partial charge in [-0.15, -0.1) is 0 Å². The first kappa shape index (κ1) is 35.4. The number of amides is 4. The molecule has 1 aliphatic rings. The molecule has 2 aromatic carbocycles. The topological polar surface area (TPSA) is 131 Å². The molecular weight excluding hydrogens is 632 g/mol. The summed E-state index contributed by atoms with van der Waals surface area (Å²) in [6.07, 6.45) is 8.47. The van der Waals surface area contributed by atoms with Gasteiger partial charge < -0.3 is 25.3 Å². The van der Waals surface area contributed by atoms with Crippen molar-refractivity contribution in [1.29, 1.82) is 0 Å². The number of Topliss-reactive ketones (excluding diaryl/α,β-unsaturated/α-hetero) is 1. The van der Waals surface area contributed by atoms with E-state index in [2.05, 4.69) is 20.6 Å². The molecule has 12 heteroatoms. The molecule has 1 saturated heterocycles. The number of hydrogen-bond donors (Lipinski definition) is 2.